The molecule has 0 saturated heterocycles. The summed E-state index contributed by atoms with van der Waals surface area (Å²) in [7, 11) is 0. The molecule has 0 aliphatic carbocycles. The third kappa shape index (κ3) is 6.24. The van der Waals surface area contributed by atoms with E-state index in [9.17, 15) is 19.8 Å². The molecule has 142 valence electrons. The average Bonchev–Trinajstić information content (AvgIpc) is 3.00. The van der Waals surface area contributed by atoms with Crippen molar-refractivity contribution in [3.63, 3.8) is 0 Å². The Hall–Kier alpha value is -2.32. The van der Waals surface area contributed by atoms with E-state index in [1.807, 2.05) is 5.32 Å². The van der Waals surface area contributed by atoms with Crippen LogP contribution >= 0.6 is 0 Å². The molecule has 1 aromatic rings. The average molecular weight is 362 g/mol. The van der Waals surface area contributed by atoms with E-state index in [1.165, 1.54) is 6.92 Å². The van der Waals surface area contributed by atoms with Gasteiger partial charge in [0.1, 0.15) is 12.3 Å². The number of aliphatic hydroxyl groups excluding tert-OH is 3. The molecule has 5 atom stereocenters. The Morgan fingerprint density at radius 1 is 1.28 bits per heavy atom. The van der Waals surface area contributed by atoms with Crippen LogP contribution in [0.2, 0.25) is 0 Å². The molecule has 1 rings (SSSR count). The summed E-state index contributed by atoms with van der Waals surface area (Å²) in [6.45, 7) is 0.606. The summed E-state index contributed by atoms with van der Waals surface area (Å²) in [6.07, 6.45) is -2.53. The summed E-state index contributed by atoms with van der Waals surface area (Å²) in [5.41, 5.74) is 11.0. The van der Waals surface area contributed by atoms with Crippen LogP contribution in [0.4, 0.5) is 4.79 Å². The summed E-state index contributed by atoms with van der Waals surface area (Å²) < 4.78 is 4.95. The van der Waals surface area contributed by atoms with Gasteiger partial charge in [-0.2, -0.15) is 4.98 Å². The van der Waals surface area contributed by atoms with E-state index in [0.29, 0.717) is 0 Å². The standard InChI is InChI=1S/C12H22N6O7/c1-4(20)8(14)9-17-10(25-18-9)5(2-7(13)21)15-12(24)16-6(3-19)11(22)23/h4-8,19-21H,2-3,13-14H2,1H3,(H,22,23)(H2,15,16,24)/t4?,5-,6-,7?,8-/m1/s1. The highest BCUT2D eigenvalue weighted by Gasteiger charge is 2.27. The number of aliphatic carboxylic acids is 1. The molecule has 2 unspecified atom stereocenters. The number of aliphatic hydroxyl groups is 3. The number of amides is 2. The second kappa shape index (κ2) is 9.24. The number of hydrogen-bond acceptors (Lipinski definition) is 10. The van der Waals surface area contributed by atoms with Gasteiger partial charge in [0.05, 0.1) is 18.8 Å². The van der Waals surface area contributed by atoms with Crippen molar-refractivity contribution in [1.29, 1.82) is 0 Å². The Kier molecular flexibility index (Phi) is 7.66. The van der Waals surface area contributed by atoms with E-state index >= 15 is 0 Å². The minimum atomic E-state index is -1.52. The minimum absolute atomic E-state index is 0.0255. The molecule has 25 heavy (non-hydrogen) atoms. The van der Waals surface area contributed by atoms with Gasteiger partial charge in [-0.15, -0.1) is 0 Å². The third-order valence-corrected chi connectivity index (χ3v) is 3.14. The van der Waals surface area contributed by atoms with Crippen molar-refractivity contribution in [2.45, 2.75) is 43.8 Å². The minimum Gasteiger partial charge on any atom is -0.480 e. The number of nitrogens with one attached hydrogen (secondary N) is 2. The largest absolute Gasteiger partial charge is 0.480 e. The fourth-order valence-corrected chi connectivity index (χ4v) is 1.75. The number of rotatable bonds is 9. The normalized spacial score (nSPS) is 17.2. The van der Waals surface area contributed by atoms with Crippen LogP contribution in [0.3, 0.4) is 0 Å². The summed E-state index contributed by atoms with van der Waals surface area (Å²) in [6, 6.07) is -4.48. The molecule has 1 heterocycles. The fourth-order valence-electron chi connectivity index (χ4n) is 1.75. The first-order valence-electron chi connectivity index (χ1n) is 7.27. The molecule has 0 bridgehead atoms. The second-order valence-corrected chi connectivity index (χ2v) is 5.30. The molecule has 0 aliphatic rings. The molecule has 0 spiro atoms. The maximum Gasteiger partial charge on any atom is 0.328 e. The zero-order valence-corrected chi connectivity index (χ0v) is 13.4. The molecule has 0 saturated carbocycles. The Bertz CT molecular complexity index is 578. The van der Waals surface area contributed by atoms with Crippen LogP contribution < -0.4 is 22.1 Å². The Balaban J connectivity index is 2.87. The van der Waals surface area contributed by atoms with E-state index in [-0.39, 0.29) is 18.1 Å². The molecule has 13 heteroatoms. The molecule has 2 amide bonds. The highest BCUT2D eigenvalue weighted by atomic mass is 16.5. The van der Waals surface area contributed by atoms with Crippen molar-refractivity contribution in [1.82, 2.24) is 20.8 Å². The highest BCUT2D eigenvalue weighted by Crippen LogP contribution is 2.18. The van der Waals surface area contributed by atoms with Crippen molar-refractivity contribution in [2.24, 2.45) is 11.5 Å². The third-order valence-electron chi connectivity index (χ3n) is 3.14. The maximum atomic E-state index is 11.9. The first kappa shape index (κ1) is 20.7. The van der Waals surface area contributed by atoms with Gasteiger partial charge in [-0.05, 0) is 6.92 Å². The van der Waals surface area contributed by atoms with Gasteiger partial charge in [-0.1, -0.05) is 5.16 Å². The van der Waals surface area contributed by atoms with Crippen molar-refractivity contribution >= 4 is 12.0 Å². The SMILES string of the molecule is CC(O)[C@@H](N)c1noc([C@@H](CC(N)O)NC(=O)N[C@H](CO)C(=O)O)n1. The molecule has 10 N–H and O–H groups in total. The van der Waals surface area contributed by atoms with Gasteiger partial charge in [-0.3, -0.25) is 0 Å². The molecular formula is C12H22N6O7. The van der Waals surface area contributed by atoms with Crippen LogP contribution in [-0.2, 0) is 4.79 Å². The highest BCUT2D eigenvalue weighted by molar-refractivity contribution is 5.82. The van der Waals surface area contributed by atoms with E-state index in [4.69, 9.17) is 26.2 Å². The topological polar surface area (TPSA) is 230 Å². The lowest BCUT2D eigenvalue weighted by atomic mass is 10.1. The fraction of sp³-hybridized carbons (Fsp3) is 0.667. The predicted octanol–water partition coefficient (Wildman–Crippen LogP) is -3.10. The maximum absolute atomic E-state index is 11.9. The van der Waals surface area contributed by atoms with E-state index in [0.717, 1.165) is 0 Å². The number of carbonyl (C=O) groups is 2. The Morgan fingerprint density at radius 2 is 1.92 bits per heavy atom. The summed E-state index contributed by atoms with van der Waals surface area (Å²) in [5.74, 6) is -1.61. The zero-order valence-electron chi connectivity index (χ0n) is 13.4. The van der Waals surface area contributed by atoms with E-state index < -0.39 is 49.1 Å². The summed E-state index contributed by atoms with van der Waals surface area (Å²) in [4.78, 5) is 26.6. The van der Waals surface area contributed by atoms with Crippen molar-refractivity contribution < 1.29 is 34.5 Å². The number of carbonyl (C=O) groups excluding carboxylic acids is 1. The van der Waals surface area contributed by atoms with Crippen molar-refractivity contribution in [3.05, 3.63) is 11.7 Å². The van der Waals surface area contributed by atoms with Gasteiger partial charge < -0.3 is 47.1 Å². The predicted molar refractivity (Wildman–Crippen MR) is 80.6 cm³/mol. The molecule has 0 radical (unpaired) electrons. The van der Waals surface area contributed by atoms with Gasteiger partial charge in [0.2, 0.25) is 5.89 Å². The van der Waals surface area contributed by atoms with Gasteiger partial charge >= 0.3 is 12.0 Å². The van der Waals surface area contributed by atoms with Gasteiger partial charge in [0, 0.05) is 6.42 Å². The van der Waals surface area contributed by atoms with Crippen LogP contribution in [0, 0.1) is 0 Å². The molecule has 1 aromatic heterocycles. The smallest absolute Gasteiger partial charge is 0.328 e. The van der Waals surface area contributed by atoms with Crippen LogP contribution in [0.25, 0.3) is 0 Å². The first-order valence-corrected chi connectivity index (χ1v) is 7.27. The number of carboxylic acids is 1. The lowest BCUT2D eigenvalue weighted by Crippen LogP contribution is -2.49. The molecule has 0 aliphatic heterocycles. The molecular weight excluding hydrogens is 340 g/mol. The lowest BCUT2D eigenvalue weighted by Gasteiger charge is -2.18. The van der Waals surface area contributed by atoms with Gasteiger partial charge in [-0.25, -0.2) is 9.59 Å². The Morgan fingerprint density at radius 3 is 2.40 bits per heavy atom. The number of urea groups is 1. The summed E-state index contributed by atoms with van der Waals surface area (Å²) >= 11 is 0. The number of hydrogen-bond donors (Lipinski definition) is 8. The first-order chi connectivity index (χ1) is 11.6. The van der Waals surface area contributed by atoms with Crippen LogP contribution in [0.15, 0.2) is 4.52 Å². The molecule has 0 fully saturated rings. The zero-order chi connectivity index (χ0) is 19.1. The lowest BCUT2D eigenvalue weighted by molar-refractivity contribution is -0.140. The molecule has 13 nitrogen and oxygen atoms in total. The van der Waals surface area contributed by atoms with Gasteiger partial charge in [0.15, 0.2) is 11.9 Å². The van der Waals surface area contributed by atoms with E-state index in [1.54, 1.807) is 0 Å². The monoisotopic (exact) mass is 362 g/mol. The second-order valence-electron chi connectivity index (χ2n) is 5.30. The summed E-state index contributed by atoms with van der Waals surface area (Å²) in [5, 5.41) is 44.3. The number of carboxylic acid groups (broad SMARTS) is 1. The number of nitrogens with zero attached hydrogens (tertiary/aromatic N) is 2. The van der Waals surface area contributed by atoms with Crippen LogP contribution in [-0.4, -0.2) is 67.5 Å². The number of aromatic nitrogens is 2. The van der Waals surface area contributed by atoms with E-state index in [2.05, 4.69) is 15.5 Å². The Labute approximate surface area is 142 Å². The molecule has 0 aromatic carbocycles. The van der Waals surface area contributed by atoms with Crippen LogP contribution in [0.1, 0.15) is 37.1 Å². The van der Waals surface area contributed by atoms with Crippen LogP contribution in [0.5, 0.6) is 0 Å². The van der Waals surface area contributed by atoms with Crippen molar-refractivity contribution in [3.8, 4) is 0 Å². The van der Waals surface area contributed by atoms with Gasteiger partial charge in [0.25, 0.3) is 0 Å². The number of nitrogens with two attached hydrogens (primary N) is 2. The van der Waals surface area contributed by atoms with Crippen molar-refractivity contribution in [2.75, 3.05) is 6.61 Å². The quantitative estimate of drug-likeness (QED) is 0.205.